The monoisotopic (exact) mass is 302 g/mol. The summed E-state index contributed by atoms with van der Waals surface area (Å²) in [6, 6.07) is 4.21. The smallest absolute Gasteiger partial charge is 0.152 e. The van der Waals surface area contributed by atoms with Gasteiger partial charge in [-0.3, -0.25) is 0 Å². The van der Waals surface area contributed by atoms with Gasteiger partial charge in [0.05, 0.1) is 17.8 Å². The summed E-state index contributed by atoms with van der Waals surface area (Å²) in [4.78, 5) is 9.55. The van der Waals surface area contributed by atoms with E-state index in [0.717, 1.165) is 25.5 Å². The normalized spacial score (nSPS) is 19.7. The highest BCUT2D eigenvalue weighted by atomic mass is 16.5. The number of rotatable bonds is 5. The van der Waals surface area contributed by atoms with E-state index in [1.165, 1.54) is 30.6 Å². The molecular formula is C17H26N4O. The van der Waals surface area contributed by atoms with Gasteiger partial charge in [0.15, 0.2) is 5.82 Å². The molecule has 0 saturated carbocycles. The summed E-state index contributed by atoms with van der Waals surface area (Å²) in [5.41, 5.74) is 2.37. The number of hydrogen-bond donors (Lipinski definition) is 0. The third-order valence-electron chi connectivity index (χ3n) is 4.47. The molecule has 0 amide bonds. The van der Waals surface area contributed by atoms with Crippen molar-refractivity contribution in [2.75, 3.05) is 52.3 Å². The highest BCUT2D eigenvalue weighted by Crippen LogP contribution is 2.28. The Labute approximate surface area is 132 Å². The van der Waals surface area contributed by atoms with Crippen molar-refractivity contribution in [2.45, 2.75) is 18.8 Å². The van der Waals surface area contributed by atoms with Crippen LogP contribution in [0.1, 0.15) is 24.5 Å². The van der Waals surface area contributed by atoms with Crippen LogP contribution in [0.5, 0.6) is 0 Å². The molecule has 1 aliphatic heterocycles. The van der Waals surface area contributed by atoms with Crippen molar-refractivity contribution < 1.29 is 4.74 Å². The first-order valence-electron chi connectivity index (χ1n) is 8.05. The molecule has 0 N–H and O–H groups in total. The van der Waals surface area contributed by atoms with Gasteiger partial charge in [0.25, 0.3) is 0 Å². The maximum absolute atomic E-state index is 5.22. The molecule has 1 fully saturated rings. The third-order valence-corrected chi connectivity index (χ3v) is 4.47. The van der Waals surface area contributed by atoms with Crippen molar-refractivity contribution in [1.82, 2.24) is 14.3 Å². The van der Waals surface area contributed by atoms with Crippen LogP contribution in [-0.4, -0.2) is 61.7 Å². The zero-order valence-electron chi connectivity index (χ0n) is 13.8. The standard InChI is InChI=1S/C17H26N4O/c1-19(2)17-16-7-5-9-21(16)13-15(18-17)14-6-4-8-20(12-14)10-11-22-3/h5,7,9,13-14H,4,6,8,10-12H2,1-3H3. The number of nitrogens with zero attached hydrogens (tertiary/aromatic N) is 4. The summed E-state index contributed by atoms with van der Waals surface area (Å²) < 4.78 is 7.42. The summed E-state index contributed by atoms with van der Waals surface area (Å²) in [5.74, 6) is 1.56. The van der Waals surface area contributed by atoms with E-state index < -0.39 is 0 Å². The van der Waals surface area contributed by atoms with E-state index in [-0.39, 0.29) is 0 Å². The van der Waals surface area contributed by atoms with Gasteiger partial charge in [-0.2, -0.15) is 0 Å². The van der Waals surface area contributed by atoms with Crippen LogP contribution in [0.25, 0.3) is 5.52 Å². The minimum absolute atomic E-state index is 0.510. The molecule has 5 heteroatoms. The van der Waals surface area contributed by atoms with Crippen molar-refractivity contribution in [3.8, 4) is 0 Å². The zero-order chi connectivity index (χ0) is 15.5. The van der Waals surface area contributed by atoms with Gasteiger partial charge in [0.1, 0.15) is 0 Å². The van der Waals surface area contributed by atoms with Crippen LogP contribution in [0, 0.1) is 0 Å². The number of anilines is 1. The highest BCUT2D eigenvalue weighted by Gasteiger charge is 2.23. The molecule has 120 valence electrons. The molecule has 3 heterocycles. The molecule has 0 aliphatic carbocycles. The highest BCUT2D eigenvalue weighted by molar-refractivity contribution is 5.69. The first-order chi connectivity index (χ1) is 10.7. The lowest BCUT2D eigenvalue weighted by molar-refractivity contribution is 0.127. The Bertz CT molecular complexity index is 622. The average Bonchev–Trinajstić information content (AvgIpc) is 3.00. The predicted octanol–water partition coefficient (Wildman–Crippen LogP) is 2.23. The Hall–Kier alpha value is -1.59. The van der Waals surface area contributed by atoms with Crippen molar-refractivity contribution in [3.63, 3.8) is 0 Å². The summed E-state index contributed by atoms with van der Waals surface area (Å²) in [5, 5.41) is 0. The number of piperidine rings is 1. The third kappa shape index (κ3) is 3.10. The van der Waals surface area contributed by atoms with Crippen LogP contribution in [0.2, 0.25) is 0 Å². The van der Waals surface area contributed by atoms with Crippen LogP contribution in [0.4, 0.5) is 5.82 Å². The SMILES string of the molecule is COCCN1CCCC(c2cn3cccc3c(N(C)C)n2)C1. The van der Waals surface area contributed by atoms with Crippen LogP contribution in [-0.2, 0) is 4.74 Å². The van der Waals surface area contributed by atoms with E-state index in [9.17, 15) is 0 Å². The molecule has 0 radical (unpaired) electrons. The minimum atomic E-state index is 0.510. The van der Waals surface area contributed by atoms with E-state index >= 15 is 0 Å². The van der Waals surface area contributed by atoms with E-state index in [1.807, 2.05) is 0 Å². The van der Waals surface area contributed by atoms with E-state index in [2.05, 4.69) is 52.8 Å². The lowest BCUT2D eigenvalue weighted by atomic mass is 9.95. The zero-order valence-corrected chi connectivity index (χ0v) is 13.8. The second-order valence-corrected chi connectivity index (χ2v) is 6.32. The number of hydrogen-bond acceptors (Lipinski definition) is 4. The number of ether oxygens (including phenoxy) is 1. The van der Waals surface area contributed by atoms with E-state index in [0.29, 0.717) is 5.92 Å². The molecule has 1 aliphatic rings. The van der Waals surface area contributed by atoms with Crippen molar-refractivity contribution in [2.24, 2.45) is 0 Å². The van der Waals surface area contributed by atoms with Gasteiger partial charge in [-0.15, -0.1) is 0 Å². The fourth-order valence-electron chi connectivity index (χ4n) is 3.29. The molecule has 3 rings (SSSR count). The largest absolute Gasteiger partial charge is 0.383 e. The van der Waals surface area contributed by atoms with Gasteiger partial charge >= 0.3 is 0 Å². The maximum Gasteiger partial charge on any atom is 0.152 e. The molecule has 1 saturated heterocycles. The first-order valence-corrected chi connectivity index (χ1v) is 8.05. The Kier molecular flexibility index (Phi) is 4.64. The van der Waals surface area contributed by atoms with Gasteiger partial charge in [-0.25, -0.2) is 4.98 Å². The van der Waals surface area contributed by atoms with Crippen LogP contribution in [0.15, 0.2) is 24.5 Å². The van der Waals surface area contributed by atoms with E-state index in [4.69, 9.17) is 9.72 Å². The minimum Gasteiger partial charge on any atom is -0.383 e. The van der Waals surface area contributed by atoms with Gasteiger partial charge in [-0.05, 0) is 31.5 Å². The number of likely N-dealkylation sites (tertiary alicyclic amines) is 1. The van der Waals surface area contributed by atoms with Gasteiger partial charge in [-0.1, -0.05) is 0 Å². The summed E-state index contributed by atoms with van der Waals surface area (Å²) in [7, 11) is 5.89. The molecule has 22 heavy (non-hydrogen) atoms. The Morgan fingerprint density at radius 2 is 2.27 bits per heavy atom. The lowest BCUT2D eigenvalue weighted by Gasteiger charge is -2.32. The van der Waals surface area contributed by atoms with Gasteiger partial charge in [0, 0.05) is 52.6 Å². The Morgan fingerprint density at radius 3 is 3.05 bits per heavy atom. The van der Waals surface area contributed by atoms with Crippen LogP contribution < -0.4 is 4.90 Å². The molecule has 0 spiro atoms. The van der Waals surface area contributed by atoms with Crippen LogP contribution in [0.3, 0.4) is 0 Å². The molecule has 0 aromatic carbocycles. The summed E-state index contributed by atoms with van der Waals surface area (Å²) in [6.07, 6.45) is 6.76. The quantitative estimate of drug-likeness (QED) is 0.848. The topological polar surface area (TPSA) is 33.0 Å². The van der Waals surface area contributed by atoms with Gasteiger partial charge in [0.2, 0.25) is 0 Å². The maximum atomic E-state index is 5.22. The van der Waals surface area contributed by atoms with Crippen molar-refractivity contribution >= 4 is 11.3 Å². The second-order valence-electron chi connectivity index (χ2n) is 6.32. The Morgan fingerprint density at radius 1 is 1.41 bits per heavy atom. The molecule has 2 aromatic rings. The number of methoxy groups -OCH3 is 1. The average molecular weight is 302 g/mol. The number of aromatic nitrogens is 2. The van der Waals surface area contributed by atoms with Crippen LogP contribution >= 0.6 is 0 Å². The Balaban J connectivity index is 1.85. The molecule has 1 atom stereocenters. The molecule has 0 bridgehead atoms. The molecular weight excluding hydrogens is 276 g/mol. The fraction of sp³-hybridized carbons (Fsp3) is 0.588. The molecule has 1 unspecified atom stereocenters. The van der Waals surface area contributed by atoms with Crippen molar-refractivity contribution in [1.29, 1.82) is 0 Å². The van der Waals surface area contributed by atoms with E-state index in [1.54, 1.807) is 7.11 Å². The molecule has 2 aromatic heterocycles. The summed E-state index contributed by atoms with van der Waals surface area (Å²) >= 11 is 0. The fourth-order valence-corrected chi connectivity index (χ4v) is 3.29. The molecule has 5 nitrogen and oxygen atoms in total. The lowest BCUT2D eigenvalue weighted by Crippen LogP contribution is -2.37. The summed E-state index contributed by atoms with van der Waals surface area (Å²) in [6.45, 7) is 4.07. The van der Waals surface area contributed by atoms with Gasteiger partial charge < -0.3 is 18.9 Å². The van der Waals surface area contributed by atoms with Crippen molar-refractivity contribution in [3.05, 3.63) is 30.2 Å². The predicted molar refractivity (Wildman–Crippen MR) is 89.8 cm³/mol. The number of fused-ring (bicyclic) bond motifs is 1. The first kappa shape index (κ1) is 15.3. The second kappa shape index (κ2) is 6.67.